The van der Waals surface area contributed by atoms with Gasteiger partial charge < -0.3 is 14.2 Å². The Morgan fingerprint density at radius 2 is 1.63 bits per heavy atom. The Kier molecular flexibility index (Phi) is 7.11. The second-order valence-electron chi connectivity index (χ2n) is 7.57. The summed E-state index contributed by atoms with van der Waals surface area (Å²) in [5.74, 6) is 0.0639. The van der Waals surface area contributed by atoms with Crippen LogP contribution in [0.25, 0.3) is 6.08 Å². The van der Waals surface area contributed by atoms with E-state index in [0.29, 0.717) is 41.7 Å². The fourth-order valence-corrected chi connectivity index (χ4v) is 3.55. The third kappa shape index (κ3) is 5.33. The summed E-state index contributed by atoms with van der Waals surface area (Å²) in [7, 11) is 1.51. The van der Waals surface area contributed by atoms with E-state index in [1.165, 1.54) is 13.2 Å². The number of imide groups is 2. The van der Waals surface area contributed by atoms with E-state index in [1.54, 1.807) is 42.5 Å². The van der Waals surface area contributed by atoms with Crippen molar-refractivity contribution in [2.75, 3.05) is 18.6 Å². The van der Waals surface area contributed by atoms with Crippen LogP contribution in [0.15, 0.2) is 78.4 Å². The van der Waals surface area contributed by atoms with E-state index in [2.05, 4.69) is 5.32 Å². The van der Waals surface area contributed by atoms with Gasteiger partial charge in [-0.05, 0) is 60.5 Å². The van der Waals surface area contributed by atoms with Gasteiger partial charge in [-0.2, -0.15) is 0 Å². The van der Waals surface area contributed by atoms with Crippen molar-refractivity contribution < 1.29 is 28.6 Å². The van der Waals surface area contributed by atoms with Gasteiger partial charge in [0, 0.05) is 0 Å². The zero-order valence-electron chi connectivity index (χ0n) is 19.3. The molecular weight excluding hydrogens is 448 g/mol. The molecule has 1 fully saturated rings. The maximum atomic E-state index is 13.1. The number of ether oxygens (including phenoxy) is 3. The Morgan fingerprint density at radius 1 is 0.886 bits per heavy atom. The van der Waals surface area contributed by atoms with Gasteiger partial charge >= 0.3 is 6.03 Å². The second kappa shape index (κ2) is 10.6. The molecule has 0 bridgehead atoms. The first-order valence-electron chi connectivity index (χ1n) is 11.0. The van der Waals surface area contributed by atoms with E-state index in [4.69, 9.17) is 14.2 Å². The van der Waals surface area contributed by atoms with Gasteiger partial charge in [0.25, 0.3) is 11.8 Å². The second-order valence-corrected chi connectivity index (χ2v) is 7.57. The lowest BCUT2D eigenvalue weighted by atomic mass is 10.1. The zero-order valence-corrected chi connectivity index (χ0v) is 19.3. The summed E-state index contributed by atoms with van der Waals surface area (Å²) in [5, 5.41) is 2.22. The summed E-state index contributed by atoms with van der Waals surface area (Å²) < 4.78 is 16.7. The number of carbonyl (C=O) groups excluding carboxylic acids is 3. The van der Waals surface area contributed by atoms with E-state index in [1.807, 2.05) is 37.3 Å². The molecule has 0 radical (unpaired) electrons. The van der Waals surface area contributed by atoms with Gasteiger partial charge in [0.2, 0.25) is 0 Å². The van der Waals surface area contributed by atoms with Crippen LogP contribution < -0.4 is 24.4 Å². The number of hydrogen-bond acceptors (Lipinski definition) is 6. The number of urea groups is 1. The Hall–Kier alpha value is -4.59. The zero-order chi connectivity index (χ0) is 24.8. The third-order valence-electron chi connectivity index (χ3n) is 5.24. The first-order chi connectivity index (χ1) is 17.0. The minimum absolute atomic E-state index is 0.182. The van der Waals surface area contributed by atoms with Crippen molar-refractivity contribution in [3.05, 3.63) is 89.5 Å². The van der Waals surface area contributed by atoms with Crippen LogP contribution >= 0.6 is 0 Å². The molecule has 0 atom stereocenters. The van der Waals surface area contributed by atoms with Crippen LogP contribution in [0.3, 0.4) is 0 Å². The van der Waals surface area contributed by atoms with Crippen LogP contribution in [-0.2, 0) is 16.2 Å². The average molecular weight is 472 g/mol. The number of rotatable bonds is 8. The van der Waals surface area contributed by atoms with Gasteiger partial charge in [0.05, 0.1) is 19.4 Å². The van der Waals surface area contributed by atoms with E-state index in [-0.39, 0.29) is 5.57 Å². The SMILES string of the molecule is CCOc1ccc(N2C(=O)NC(=O)/C(=C/c3ccc(OCc4ccccc4)c(OC)c3)C2=O)cc1. The monoisotopic (exact) mass is 472 g/mol. The van der Waals surface area contributed by atoms with Crippen molar-refractivity contribution in [3.8, 4) is 17.2 Å². The van der Waals surface area contributed by atoms with Crippen LogP contribution in [-0.4, -0.2) is 31.6 Å². The number of benzene rings is 3. The fourth-order valence-electron chi connectivity index (χ4n) is 3.55. The molecule has 1 saturated heterocycles. The van der Waals surface area contributed by atoms with Gasteiger partial charge in [-0.25, -0.2) is 9.69 Å². The molecule has 1 aliphatic heterocycles. The molecule has 0 spiro atoms. The molecule has 0 saturated carbocycles. The first-order valence-corrected chi connectivity index (χ1v) is 11.0. The van der Waals surface area contributed by atoms with Crippen molar-refractivity contribution >= 4 is 29.6 Å². The molecule has 4 amide bonds. The lowest BCUT2D eigenvalue weighted by molar-refractivity contribution is -0.122. The van der Waals surface area contributed by atoms with Crippen LogP contribution in [0.5, 0.6) is 17.2 Å². The van der Waals surface area contributed by atoms with Crippen molar-refractivity contribution in [2.24, 2.45) is 0 Å². The average Bonchev–Trinajstić information content (AvgIpc) is 2.87. The minimum atomic E-state index is -0.816. The number of anilines is 1. The standard InChI is InChI=1S/C27H24N2O6/c1-3-34-21-12-10-20(11-13-21)29-26(31)22(25(30)28-27(29)32)15-19-9-14-23(24(16-19)33-2)35-17-18-7-5-4-6-8-18/h4-16H,3,17H2,1-2H3,(H,28,30,32)/b22-15-. The predicted octanol–water partition coefficient (Wildman–Crippen LogP) is 4.34. The van der Waals surface area contributed by atoms with Crippen LogP contribution in [0, 0.1) is 0 Å². The molecule has 3 aromatic carbocycles. The van der Waals surface area contributed by atoms with Gasteiger partial charge in [-0.15, -0.1) is 0 Å². The van der Waals surface area contributed by atoms with E-state index in [9.17, 15) is 14.4 Å². The van der Waals surface area contributed by atoms with Crippen molar-refractivity contribution in [1.82, 2.24) is 5.32 Å². The van der Waals surface area contributed by atoms with E-state index < -0.39 is 17.8 Å². The molecule has 8 heteroatoms. The Bertz CT molecular complexity index is 1270. The van der Waals surface area contributed by atoms with Crippen LogP contribution in [0.2, 0.25) is 0 Å². The summed E-state index contributed by atoms with van der Waals surface area (Å²) in [6.07, 6.45) is 1.41. The summed E-state index contributed by atoms with van der Waals surface area (Å²) >= 11 is 0. The maximum Gasteiger partial charge on any atom is 0.335 e. The van der Waals surface area contributed by atoms with Crippen molar-refractivity contribution in [3.63, 3.8) is 0 Å². The summed E-state index contributed by atoms with van der Waals surface area (Å²) in [6.45, 7) is 2.70. The van der Waals surface area contributed by atoms with Gasteiger partial charge in [0.1, 0.15) is 17.9 Å². The van der Waals surface area contributed by atoms with Crippen molar-refractivity contribution in [2.45, 2.75) is 13.5 Å². The van der Waals surface area contributed by atoms with Crippen molar-refractivity contribution in [1.29, 1.82) is 0 Å². The minimum Gasteiger partial charge on any atom is -0.494 e. The predicted molar refractivity (Wildman–Crippen MR) is 130 cm³/mol. The Morgan fingerprint density at radius 3 is 2.31 bits per heavy atom. The highest BCUT2D eigenvalue weighted by molar-refractivity contribution is 6.39. The molecule has 178 valence electrons. The lowest BCUT2D eigenvalue weighted by Crippen LogP contribution is -2.54. The number of hydrogen-bond donors (Lipinski definition) is 1. The number of barbiturate groups is 1. The van der Waals surface area contributed by atoms with Gasteiger partial charge in [-0.3, -0.25) is 14.9 Å². The van der Waals surface area contributed by atoms with Gasteiger partial charge in [-0.1, -0.05) is 36.4 Å². The highest BCUT2D eigenvalue weighted by Gasteiger charge is 2.36. The van der Waals surface area contributed by atoms with Crippen LogP contribution in [0.1, 0.15) is 18.1 Å². The Labute approximate surface area is 202 Å². The van der Waals surface area contributed by atoms with Crippen LogP contribution in [0.4, 0.5) is 10.5 Å². The smallest absolute Gasteiger partial charge is 0.335 e. The molecular formula is C27H24N2O6. The number of amides is 4. The number of nitrogens with one attached hydrogen (secondary N) is 1. The topological polar surface area (TPSA) is 94.2 Å². The third-order valence-corrected chi connectivity index (χ3v) is 5.24. The molecule has 1 heterocycles. The van der Waals surface area contributed by atoms with Gasteiger partial charge in [0.15, 0.2) is 11.5 Å². The number of methoxy groups -OCH3 is 1. The highest BCUT2D eigenvalue weighted by atomic mass is 16.5. The van der Waals surface area contributed by atoms with E-state index in [0.717, 1.165) is 10.5 Å². The molecule has 0 aromatic heterocycles. The normalized spacial score (nSPS) is 14.6. The Balaban J connectivity index is 1.57. The fraction of sp³-hybridized carbons (Fsp3) is 0.148. The molecule has 1 aliphatic rings. The number of nitrogens with zero attached hydrogens (tertiary/aromatic N) is 1. The first kappa shape index (κ1) is 23.6. The molecule has 4 rings (SSSR count). The highest BCUT2D eigenvalue weighted by Crippen LogP contribution is 2.31. The molecule has 35 heavy (non-hydrogen) atoms. The van der Waals surface area contributed by atoms with E-state index >= 15 is 0 Å². The molecule has 0 unspecified atom stereocenters. The summed E-state index contributed by atoms with van der Waals surface area (Å²) in [5.41, 5.74) is 1.67. The summed E-state index contributed by atoms with van der Waals surface area (Å²) in [6, 6.07) is 20.4. The number of carbonyl (C=O) groups is 3. The quantitative estimate of drug-likeness (QED) is 0.387. The molecule has 8 nitrogen and oxygen atoms in total. The molecule has 3 aromatic rings. The molecule has 1 N–H and O–H groups in total. The molecule has 0 aliphatic carbocycles. The maximum absolute atomic E-state index is 13.1. The lowest BCUT2D eigenvalue weighted by Gasteiger charge is -2.26. The summed E-state index contributed by atoms with van der Waals surface area (Å²) in [4.78, 5) is 39.0. The largest absolute Gasteiger partial charge is 0.494 e.